The number of benzene rings is 1. The summed E-state index contributed by atoms with van der Waals surface area (Å²) in [7, 11) is 0. The van der Waals surface area contributed by atoms with Crippen LogP contribution >= 0.6 is 11.8 Å². The lowest BCUT2D eigenvalue weighted by atomic mass is 10.0. The minimum absolute atomic E-state index is 0.0157. The van der Waals surface area contributed by atoms with Crippen LogP contribution in [0.25, 0.3) is 0 Å². The van der Waals surface area contributed by atoms with E-state index in [2.05, 4.69) is 25.2 Å². The highest BCUT2D eigenvalue weighted by Crippen LogP contribution is 2.27. The van der Waals surface area contributed by atoms with Crippen molar-refractivity contribution in [3.63, 3.8) is 0 Å². The van der Waals surface area contributed by atoms with Crippen LogP contribution in [0.4, 0.5) is 5.69 Å². The first-order valence-electron chi connectivity index (χ1n) is 10.0. The van der Waals surface area contributed by atoms with Crippen molar-refractivity contribution < 1.29 is 4.79 Å². The fourth-order valence-electron chi connectivity index (χ4n) is 3.40. The molecule has 1 amide bonds. The number of aromatic nitrogens is 1. The van der Waals surface area contributed by atoms with Crippen molar-refractivity contribution >= 4 is 23.4 Å². The first-order valence-corrected chi connectivity index (χ1v) is 11.0. The maximum absolute atomic E-state index is 12.2. The van der Waals surface area contributed by atoms with Gasteiger partial charge in [-0.25, -0.2) is 4.98 Å². The second-order valence-electron chi connectivity index (χ2n) is 7.54. The fourth-order valence-corrected chi connectivity index (χ4v) is 4.31. The highest BCUT2D eigenvalue weighted by atomic mass is 32.2. The Hall–Kier alpha value is -2.32. The van der Waals surface area contributed by atoms with E-state index in [0.29, 0.717) is 23.7 Å². The lowest BCUT2D eigenvalue weighted by molar-refractivity contribution is -0.115. The molecule has 1 aromatic carbocycles. The molecular formula is C23H27N3OS. The predicted octanol–water partition coefficient (Wildman–Crippen LogP) is 5.47. The molecule has 1 aromatic heterocycles. The molecule has 0 saturated carbocycles. The topological polar surface area (TPSA) is 65.8 Å². The van der Waals surface area contributed by atoms with E-state index in [1.54, 1.807) is 0 Å². The van der Waals surface area contributed by atoms with Gasteiger partial charge >= 0.3 is 0 Å². The Balaban J connectivity index is 1.56. The number of aryl methyl sites for hydroxylation is 2. The van der Waals surface area contributed by atoms with E-state index >= 15 is 0 Å². The summed E-state index contributed by atoms with van der Waals surface area (Å²) in [5, 5.41) is 13.2. The molecule has 2 aromatic rings. The third-order valence-electron chi connectivity index (χ3n) is 5.07. The second kappa shape index (κ2) is 9.75. The van der Waals surface area contributed by atoms with E-state index in [4.69, 9.17) is 4.98 Å². The van der Waals surface area contributed by atoms with Crippen molar-refractivity contribution in [2.45, 2.75) is 63.3 Å². The Morgan fingerprint density at radius 1 is 1.21 bits per heavy atom. The number of thioether (sulfide) groups is 1. The zero-order chi connectivity index (χ0) is 19.9. The maximum Gasteiger partial charge on any atom is 0.225 e. The van der Waals surface area contributed by atoms with Gasteiger partial charge in [-0.2, -0.15) is 5.26 Å². The Bertz CT molecular complexity index is 869. The molecule has 1 N–H and O–H groups in total. The molecule has 0 bridgehead atoms. The van der Waals surface area contributed by atoms with Gasteiger partial charge in [0.05, 0.1) is 5.56 Å². The minimum atomic E-state index is -0.0157. The van der Waals surface area contributed by atoms with Crippen LogP contribution in [0.2, 0.25) is 0 Å². The summed E-state index contributed by atoms with van der Waals surface area (Å²) in [6.45, 7) is 4.30. The molecule has 5 heteroatoms. The van der Waals surface area contributed by atoms with Crippen LogP contribution in [-0.2, 0) is 17.6 Å². The van der Waals surface area contributed by atoms with Crippen LogP contribution in [0.1, 0.15) is 67.8 Å². The zero-order valence-corrected chi connectivity index (χ0v) is 17.4. The SMILES string of the molecule is CC(C)c1ccc(NC(=O)CCSc2nc3c(cc2C#N)CCCCC3)cc1. The lowest BCUT2D eigenvalue weighted by Crippen LogP contribution is -2.12. The first-order chi connectivity index (χ1) is 13.6. The summed E-state index contributed by atoms with van der Waals surface area (Å²) < 4.78 is 0. The van der Waals surface area contributed by atoms with Crippen molar-refractivity contribution in [3.8, 4) is 6.07 Å². The first kappa shape index (κ1) is 20.4. The van der Waals surface area contributed by atoms with Crippen molar-refractivity contribution in [3.05, 3.63) is 52.7 Å². The number of pyridine rings is 1. The molecule has 1 aliphatic rings. The number of fused-ring (bicyclic) bond motifs is 1. The highest BCUT2D eigenvalue weighted by Gasteiger charge is 2.15. The molecule has 0 aliphatic heterocycles. The molecule has 4 nitrogen and oxygen atoms in total. The van der Waals surface area contributed by atoms with Gasteiger partial charge in [0, 0.05) is 23.6 Å². The van der Waals surface area contributed by atoms with Crippen LogP contribution in [0.15, 0.2) is 35.4 Å². The van der Waals surface area contributed by atoms with Gasteiger partial charge < -0.3 is 5.32 Å². The molecule has 0 unspecified atom stereocenters. The van der Waals surface area contributed by atoms with Crippen molar-refractivity contribution in [2.24, 2.45) is 0 Å². The maximum atomic E-state index is 12.2. The highest BCUT2D eigenvalue weighted by molar-refractivity contribution is 7.99. The number of hydrogen-bond donors (Lipinski definition) is 1. The number of carbonyl (C=O) groups is 1. The van der Waals surface area contributed by atoms with Gasteiger partial charge in [-0.05, 0) is 60.9 Å². The fraction of sp³-hybridized carbons (Fsp3) is 0.435. The molecule has 0 saturated heterocycles. The molecule has 0 atom stereocenters. The summed E-state index contributed by atoms with van der Waals surface area (Å²) in [6, 6.07) is 12.3. The van der Waals surface area contributed by atoms with Crippen LogP contribution in [0.5, 0.6) is 0 Å². The van der Waals surface area contributed by atoms with Crippen LogP contribution in [-0.4, -0.2) is 16.6 Å². The van der Waals surface area contributed by atoms with Crippen LogP contribution in [0.3, 0.4) is 0 Å². The molecule has 28 heavy (non-hydrogen) atoms. The van der Waals surface area contributed by atoms with Gasteiger partial charge in [-0.1, -0.05) is 32.4 Å². The third-order valence-corrected chi connectivity index (χ3v) is 6.06. The van der Waals surface area contributed by atoms with Gasteiger partial charge in [0.2, 0.25) is 5.91 Å². The van der Waals surface area contributed by atoms with E-state index in [0.717, 1.165) is 35.7 Å². The van der Waals surface area contributed by atoms with E-state index in [1.807, 2.05) is 30.3 Å². The van der Waals surface area contributed by atoms with E-state index < -0.39 is 0 Å². The van der Waals surface area contributed by atoms with Crippen molar-refractivity contribution in [1.29, 1.82) is 5.26 Å². The molecule has 1 aliphatic carbocycles. The Labute approximate surface area is 171 Å². The number of rotatable bonds is 6. The molecule has 3 rings (SSSR count). The van der Waals surface area contributed by atoms with Gasteiger partial charge in [0.1, 0.15) is 11.1 Å². The average Bonchev–Trinajstić information content (AvgIpc) is 2.92. The molecular weight excluding hydrogens is 366 g/mol. The number of hydrogen-bond acceptors (Lipinski definition) is 4. The zero-order valence-electron chi connectivity index (χ0n) is 16.6. The lowest BCUT2D eigenvalue weighted by Gasteiger charge is -2.10. The van der Waals surface area contributed by atoms with Gasteiger partial charge in [-0.3, -0.25) is 4.79 Å². The van der Waals surface area contributed by atoms with Gasteiger partial charge in [0.25, 0.3) is 0 Å². The van der Waals surface area contributed by atoms with Crippen molar-refractivity contribution in [2.75, 3.05) is 11.1 Å². The number of anilines is 1. The quantitative estimate of drug-likeness (QED) is 0.522. The third kappa shape index (κ3) is 5.36. The van der Waals surface area contributed by atoms with E-state index in [9.17, 15) is 10.1 Å². The molecule has 0 radical (unpaired) electrons. The molecule has 0 spiro atoms. The standard InChI is InChI=1S/C23H27N3OS/c1-16(2)17-8-10-20(11-9-17)25-22(27)12-13-28-23-19(15-24)14-18-6-4-3-5-7-21(18)26-23/h8-11,14,16H,3-7,12-13H2,1-2H3,(H,25,27). The number of nitriles is 1. The largest absolute Gasteiger partial charge is 0.326 e. The Kier molecular flexibility index (Phi) is 7.11. The van der Waals surface area contributed by atoms with Crippen LogP contribution < -0.4 is 5.32 Å². The average molecular weight is 394 g/mol. The Morgan fingerprint density at radius 3 is 2.68 bits per heavy atom. The normalized spacial score (nSPS) is 13.5. The van der Waals surface area contributed by atoms with Crippen LogP contribution in [0, 0.1) is 11.3 Å². The number of nitrogens with zero attached hydrogens (tertiary/aromatic N) is 2. The number of carbonyl (C=O) groups excluding carboxylic acids is 1. The van der Waals surface area contributed by atoms with Gasteiger partial charge in [-0.15, -0.1) is 11.8 Å². The van der Waals surface area contributed by atoms with E-state index in [-0.39, 0.29) is 5.91 Å². The molecule has 0 fully saturated rings. The second-order valence-corrected chi connectivity index (χ2v) is 8.63. The van der Waals surface area contributed by atoms with E-state index in [1.165, 1.54) is 35.7 Å². The predicted molar refractivity (Wildman–Crippen MR) is 115 cm³/mol. The van der Waals surface area contributed by atoms with Crippen molar-refractivity contribution in [1.82, 2.24) is 4.98 Å². The minimum Gasteiger partial charge on any atom is -0.326 e. The number of nitrogens with one attached hydrogen (secondary N) is 1. The summed E-state index contributed by atoms with van der Waals surface area (Å²) in [5.41, 5.74) is 5.07. The summed E-state index contributed by atoms with van der Waals surface area (Å²) in [5.74, 6) is 1.07. The summed E-state index contributed by atoms with van der Waals surface area (Å²) in [4.78, 5) is 17.0. The summed E-state index contributed by atoms with van der Waals surface area (Å²) in [6.07, 6.45) is 5.94. The summed E-state index contributed by atoms with van der Waals surface area (Å²) >= 11 is 1.50. The smallest absolute Gasteiger partial charge is 0.225 e. The molecule has 146 valence electrons. The monoisotopic (exact) mass is 393 g/mol. The van der Waals surface area contributed by atoms with Gasteiger partial charge in [0.15, 0.2) is 0 Å². The number of amides is 1. The Morgan fingerprint density at radius 2 is 1.96 bits per heavy atom. The molecule has 1 heterocycles.